The molecule has 0 spiro atoms. The van der Waals surface area contributed by atoms with Gasteiger partial charge in [0.25, 0.3) is 11.6 Å². The molecule has 0 bridgehead atoms. The predicted octanol–water partition coefficient (Wildman–Crippen LogP) is 5.29. The summed E-state index contributed by atoms with van der Waals surface area (Å²) in [6.45, 7) is 0. The molecule has 2 aromatic carbocycles. The number of carbonyl (C=O) groups excluding carboxylic acids is 1. The Morgan fingerprint density at radius 2 is 1.93 bits per heavy atom. The zero-order chi connectivity index (χ0) is 21.9. The van der Waals surface area contributed by atoms with E-state index in [9.17, 15) is 28.1 Å². The maximum atomic E-state index is 12.7. The minimum absolute atomic E-state index is 0.0191. The van der Waals surface area contributed by atoms with Crippen molar-refractivity contribution in [1.82, 2.24) is 5.43 Å². The van der Waals surface area contributed by atoms with Crippen molar-refractivity contribution in [3.63, 3.8) is 0 Å². The smallest absolute Gasteiger partial charge is 0.416 e. The predicted molar refractivity (Wildman–Crippen MR) is 102 cm³/mol. The molecular formula is C19H11ClF3N3O4. The van der Waals surface area contributed by atoms with Crippen LogP contribution in [0, 0.1) is 10.1 Å². The number of hydrogen-bond acceptors (Lipinski definition) is 5. The second kappa shape index (κ2) is 8.37. The van der Waals surface area contributed by atoms with Gasteiger partial charge >= 0.3 is 6.18 Å². The fourth-order valence-electron chi connectivity index (χ4n) is 2.44. The van der Waals surface area contributed by atoms with Gasteiger partial charge in [0.15, 0.2) is 0 Å². The van der Waals surface area contributed by atoms with Gasteiger partial charge in [-0.15, -0.1) is 0 Å². The lowest BCUT2D eigenvalue weighted by Crippen LogP contribution is -2.18. The van der Waals surface area contributed by atoms with Crippen molar-refractivity contribution >= 4 is 29.4 Å². The zero-order valence-electron chi connectivity index (χ0n) is 14.8. The summed E-state index contributed by atoms with van der Waals surface area (Å²) in [5.74, 6) is -0.343. The van der Waals surface area contributed by atoms with Gasteiger partial charge in [-0.2, -0.15) is 18.3 Å². The number of furan rings is 1. The first-order chi connectivity index (χ1) is 14.1. The van der Waals surface area contributed by atoms with E-state index in [4.69, 9.17) is 16.0 Å². The van der Waals surface area contributed by atoms with Crippen LogP contribution in [0.25, 0.3) is 11.3 Å². The molecule has 0 aliphatic heterocycles. The molecule has 0 aliphatic carbocycles. The third kappa shape index (κ3) is 4.84. The van der Waals surface area contributed by atoms with Crippen LogP contribution in [0.1, 0.15) is 21.7 Å². The lowest BCUT2D eigenvalue weighted by atomic mass is 10.1. The first-order valence-electron chi connectivity index (χ1n) is 8.20. The molecular weight excluding hydrogens is 427 g/mol. The topological polar surface area (TPSA) is 97.7 Å². The highest BCUT2D eigenvalue weighted by Gasteiger charge is 2.30. The molecule has 1 amide bonds. The molecule has 3 aromatic rings. The van der Waals surface area contributed by atoms with E-state index in [1.54, 1.807) is 0 Å². The molecule has 0 radical (unpaired) electrons. The van der Waals surface area contributed by atoms with Crippen LogP contribution in [0.5, 0.6) is 0 Å². The highest BCUT2D eigenvalue weighted by Crippen LogP contribution is 2.31. The molecule has 0 saturated carbocycles. The number of alkyl halides is 3. The van der Waals surface area contributed by atoms with E-state index in [-0.39, 0.29) is 22.0 Å². The average molecular weight is 438 g/mol. The van der Waals surface area contributed by atoms with Crippen LogP contribution in [-0.4, -0.2) is 17.0 Å². The quantitative estimate of drug-likeness (QED) is 0.333. The Balaban J connectivity index is 1.70. The Morgan fingerprint density at radius 3 is 2.63 bits per heavy atom. The summed E-state index contributed by atoms with van der Waals surface area (Å²) in [6.07, 6.45) is -3.43. The minimum atomic E-state index is -4.57. The van der Waals surface area contributed by atoms with E-state index in [0.717, 1.165) is 18.3 Å². The van der Waals surface area contributed by atoms with E-state index in [1.165, 1.54) is 36.4 Å². The molecule has 1 heterocycles. The second-order valence-corrected chi connectivity index (χ2v) is 6.31. The lowest BCUT2D eigenvalue weighted by Gasteiger charge is -2.07. The van der Waals surface area contributed by atoms with Gasteiger partial charge in [-0.1, -0.05) is 17.7 Å². The molecule has 0 atom stereocenters. The summed E-state index contributed by atoms with van der Waals surface area (Å²) in [7, 11) is 0. The molecule has 3 rings (SSSR count). The molecule has 0 saturated heterocycles. The normalized spacial score (nSPS) is 11.6. The van der Waals surface area contributed by atoms with Crippen molar-refractivity contribution in [2.24, 2.45) is 5.10 Å². The fraction of sp³-hybridized carbons (Fsp3) is 0.0526. The molecule has 1 aromatic heterocycles. The Morgan fingerprint density at radius 1 is 1.17 bits per heavy atom. The summed E-state index contributed by atoms with van der Waals surface area (Å²) in [4.78, 5) is 22.3. The minimum Gasteiger partial charge on any atom is -0.455 e. The third-order valence-corrected chi connectivity index (χ3v) is 4.18. The van der Waals surface area contributed by atoms with Crippen LogP contribution < -0.4 is 5.43 Å². The number of nitrogens with one attached hydrogen (secondary N) is 1. The first-order valence-corrected chi connectivity index (χ1v) is 8.58. The number of nitro benzene ring substituents is 1. The highest BCUT2D eigenvalue weighted by atomic mass is 35.5. The monoisotopic (exact) mass is 437 g/mol. The van der Waals surface area contributed by atoms with Crippen molar-refractivity contribution in [3.05, 3.63) is 86.6 Å². The van der Waals surface area contributed by atoms with Crippen molar-refractivity contribution in [3.8, 4) is 11.3 Å². The number of halogens is 4. The van der Waals surface area contributed by atoms with Crippen molar-refractivity contribution < 1.29 is 27.3 Å². The third-order valence-electron chi connectivity index (χ3n) is 3.86. The molecule has 0 unspecified atom stereocenters. The zero-order valence-corrected chi connectivity index (χ0v) is 15.6. The summed E-state index contributed by atoms with van der Waals surface area (Å²) in [5, 5.41) is 14.6. The molecule has 154 valence electrons. The van der Waals surface area contributed by atoms with Crippen LogP contribution in [0.2, 0.25) is 5.02 Å². The van der Waals surface area contributed by atoms with E-state index in [2.05, 4.69) is 10.5 Å². The highest BCUT2D eigenvalue weighted by molar-refractivity contribution is 6.32. The van der Waals surface area contributed by atoms with Gasteiger partial charge in [0.2, 0.25) is 0 Å². The Labute approximate surface area is 171 Å². The molecule has 11 heteroatoms. The Bertz CT molecular complexity index is 1140. The fourth-order valence-corrected chi connectivity index (χ4v) is 2.63. The summed E-state index contributed by atoms with van der Waals surface area (Å²) in [6, 6.07) is 11.1. The van der Waals surface area contributed by atoms with Gasteiger partial charge in [-0.05, 0) is 42.5 Å². The molecule has 1 N–H and O–H groups in total. The van der Waals surface area contributed by atoms with Crippen molar-refractivity contribution in [2.75, 3.05) is 0 Å². The Kier molecular flexibility index (Phi) is 5.88. The molecule has 0 fully saturated rings. The number of benzene rings is 2. The number of rotatable bonds is 5. The van der Waals surface area contributed by atoms with E-state index < -0.39 is 22.6 Å². The lowest BCUT2D eigenvalue weighted by molar-refractivity contribution is -0.384. The second-order valence-electron chi connectivity index (χ2n) is 5.90. The number of amides is 1. The first kappa shape index (κ1) is 21.1. The van der Waals surface area contributed by atoms with Gasteiger partial charge in [0.05, 0.1) is 16.7 Å². The summed E-state index contributed by atoms with van der Waals surface area (Å²) >= 11 is 5.77. The van der Waals surface area contributed by atoms with E-state index >= 15 is 0 Å². The largest absolute Gasteiger partial charge is 0.455 e. The molecule has 7 nitrogen and oxygen atoms in total. The number of carbonyl (C=O) groups is 1. The summed E-state index contributed by atoms with van der Waals surface area (Å²) in [5.41, 5.74) is 1.06. The maximum Gasteiger partial charge on any atom is 0.416 e. The van der Waals surface area contributed by atoms with E-state index in [0.29, 0.717) is 17.4 Å². The maximum absolute atomic E-state index is 12.7. The number of nitro groups is 1. The van der Waals surface area contributed by atoms with Gasteiger partial charge in [0, 0.05) is 17.2 Å². The van der Waals surface area contributed by atoms with Gasteiger partial charge < -0.3 is 4.42 Å². The SMILES string of the molecule is O=C(N/N=C/c1ccc(-c2ccc(Cl)c([N+](=O)[O-])c2)o1)c1cccc(C(F)(F)F)c1. The average Bonchev–Trinajstić information content (AvgIpc) is 3.16. The van der Waals surface area contributed by atoms with Crippen LogP contribution in [0.3, 0.4) is 0 Å². The van der Waals surface area contributed by atoms with Gasteiger partial charge in [0.1, 0.15) is 16.5 Å². The van der Waals surface area contributed by atoms with Crippen molar-refractivity contribution in [2.45, 2.75) is 6.18 Å². The molecule has 0 aliphatic rings. The van der Waals surface area contributed by atoms with Gasteiger partial charge in [-0.25, -0.2) is 5.43 Å². The Hall–Kier alpha value is -3.66. The van der Waals surface area contributed by atoms with Crippen LogP contribution >= 0.6 is 11.6 Å². The standard InChI is InChI=1S/C19H11ClF3N3O4/c20-15-6-4-11(9-16(15)26(28)29)17-7-5-14(30-17)10-24-25-18(27)12-2-1-3-13(8-12)19(21,22)23/h1-10H,(H,25,27)/b24-10+. The van der Waals surface area contributed by atoms with Crippen LogP contribution in [-0.2, 0) is 6.18 Å². The molecule has 30 heavy (non-hydrogen) atoms. The van der Waals surface area contributed by atoms with Crippen LogP contribution in [0.4, 0.5) is 18.9 Å². The van der Waals surface area contributed by atoms with Crippen LogP contribution in [0.15, 0.2) is 64.1 Å². The summed E-state index contributed by atoms with van der Waals surface area (Å²) < 4.78 is 43.6. The number of hydrazone groups is 1. The van der Waals surface area contributed by atoms with Crippen molar-refractivity contribution in [1.29, 1.82) is 0 Å². The van der Waals surface area contributed by atoms with E-state index in [1.807, 2.05) is 0 Å². The van der Waals surface area contributed by atoms with Gasteiger partial charge in [-0.3, -0.25) is 14.9 Å². The number of hydrogen-bond donors (Lipinski definition) is 1. The number of nitrogens with zero attached hydrogens (tertiary/aromatic N) is 2.